The molecule has 20 heavy (non-hydrogen) atoms. The number of aromatic amines is 2. The number of benzene rings is 1. The summed E-state index contributed by atoms with van der Waals surface area (Å²) in [5.41, 5.74) is 1.15. The van der Waals surface area contributed by atoms with Gasteiger partial charge in [0, 0.05) is 11.9 Å². The number of amides is 1. The number of rotatable bonds is 2. The summed E-state index contributed by atoms with van der Waals surface area (Å²) >= 11 is 0. The van der Waals surface area contributed by atoms with Crippen LogP contribution in [0.2, 0.25) is 0 Å². The van der Waals surface area contributed by atoms with Crippen LogP contribution in [0.3, 0.4) is 0 Å². The van der Waals surface area contributed by atoms with E-state index >= 15 is 0 Å². The van der Waals surface area contributed by atoms with E-state index in [0.717, 1.165) is 0 Å². The molecule has 100 valence electrons. The van der Waals surface area contributed by atoms with Crippen LogP contribution in [-0.2, 0) is 0 Å². The topological polar surface area (TPSA) is 90.6 Å². The van der Waals surface area contributed by atoms with Gasteiger partial charge in [0.15, 0.2) is 0 Å². The molecule has 0 unspecified atom stereocenters. The van der Waals surface area contributed by atoms with Gasteiger partial charge in [-0.25, -0.2) is 9.78 Å². The zero-order chi connectivity index (χ0) is 14.1. The van der Waals surface area contributed by atoms with Crippen molar-refractivity contribution in [2.24, 2.45) is 0 Å². The third-order valence-corrected chi connectivity index (χ3v) is 2.78. The van der Waals surface area contributed by atoms with Crippen LogP contribution < -0.4 is 11.0 Å². The number of aromatic nitrogens is 3. The molecule has 3 aromatic rings. The molecule has 0 radical (unpaired) electrons. The zero-order valence-electron chi connectivity index (χ0n) is 10.1. The number of hydrogen-bond donors (Lipinski definition) is 3. The van der Waals surface area contributed by atoms with Crippen LogP contribution in [0.1, 0.15) is 10.4 Å². The third kappa shape index (κ3) is 2.16. The normalized spacial score (nSPS) is 10.7. The summed E-state index contributed by atoms with van der Waals surface area (Å²) in [5, 5.41) is 2.55. The number of H-pyrrole nitrogens is 2. The Hall–Kier alpha value is -2.96. The Morgan fingerprint density at radius 2 is 2.00 bits per heavy atom. The fraction of sp³-hybridized carbons (Fsp3) is 0. The first kappa shape index (κ1) is 12.1. The van der Waals surface area contributed by atoms with E-state index in [0.29, 0.717) is 16.7 Å². The quantitative estimate of drug-likeness (QED) is 0.619. The van der Waals surface area contributed by atoms with Crippen molar-refractivity contribution in [3.8, 4) is 0 Å². The standard InChI is InChI=1S/C13H9FN4O2/c14-11-8(2-1-5-15-11)12(19)16-7-3-4-9-10(6-7)18-13(20)17-9/h1-6H,(H,16,19)(H2,17,18,20). The van der Waals surface area contributed by atoms with E-state index < -0.39 is 11.9 Å². The van der Waals surface area contributed by atoms with Gasteiger partial charge in [-0.3, -0.25) is 4.79 Å². The summed E-state index contributed by atoms with van der Waals surface area (Å²) < 4.78 is 13.4. The van der Waals surface area contributed by atoms with E-state index in [1.165, 1.54) is 18.3 Å². The highest BCUT2D eigenvalue weighted by atomic mass is 19.1. The maximum absolute atomic E-state index is 13.4. The molecular formula is C13H9FN4O2. The van der Waals surface area contributed by atoms with E-state index in [-0.39, 0.29) is 11.3 Å². The number of anilines is 1. The van der Waals surface area contributed by atoms with Crippen molar-refractivity contribution < 1.29 is 9.18 Å². The van der Waals surface area contributed by atoms with Crippen molar-refractivity contribution >= 4 is 22.6 Å². The number of pyridine rings is 1. The fourth-order valence-electron chi connectivity index (χ4n) is 1.86. The van der Waals surface area contributed by atoms with Gasteiger partial charge >= 0.3 is 5.69 Å². The number of hydrogen-bond acceptors (Lipinski definition) is 3. The van der Waals surface area contributed by atoms with Crippen molar-refractivity contribution in [1.82, 2.24) is 15.0 Å². The molecule has 3 N–H and O–H groups in total. The number of fused-ring (bicyclic) bond motifs is 1. The van der Waals surface area contributed by atoms with Crippen LogP contribution >= 0.6 is 0 Å². The maximum atomic E-state index is 13.4. The van der Waals surface area contributed by atoms with E-state index in [9.17, 15) is 14.0 Å². The highest BCUT2D eigenvalue weighted by molar-refractivity contribution is 6.04. The summed E-state index contributed by atoms with van der Waals surface area (Å²) in [4.78, 5) is 31.6. The highest BCUT2D eigenvalue weighted by Gasteiger charge is 2.12. The smallest absolute Gasteiger partial charge is 0.322 e. The number of carbonyl (C=O) groups excluding carboxylic acids is 1. The van der Waals surface area contributed by atoms with Gasteiger partial charge in [-0.2, -0.15) is 4.39 Å². The molecule has 0 bridgehead atoms. The van der Waals surface area contributed by atoms with E-state index in [1.54, 1.807) is 18.2 Å². The average Bonchev–Trinajstić information content (AvgIpc) is 2.78. The lowest BCUT2D eigenvalue weighted by Gasteiger charge is -2.05. The highest BCUT2D eigenvalue weighted by Crippen LogP contribution is 2.16. The van der Waals surface area contributed by atoms with Crippen molar-refractivity contribution in [3.63, 3.8) is 0 Å². The molecule has 3 rings (SSSR count). The third-order valence-electron chi connectivity index (χ3n) is 2.78. The van der Waals surface area contributed by atoms with Gasteiger partial charge in [-0.15, -0.1) is 0 Å². The van der Waals surface area contributed by atoms with Crippen LogP contribution in [0.4, 0.5) is 10.1 Å². The van der Waals surface area contributed by atoms with Gasteiger partial charge in [-0.1, -0.05) is 0 Å². The predicted molar refractivity (Wildman–Crippen MR) is 71.1 cm³/mol. The Bertz CT molecular complexity index is 853. The van der Waals surface area contributed by atoms with Gasteiger partial charge in [0.1, 0.15) is 0 Å². The lowest BCUT2D eigenvalue weighted by atomic mass is 10.2. The molecule has 0 aliphatic rings. The Kier molecular flexibility index (Phi) is 2.79. The Balaban J connectivity index is 1.91. The Morgan fingerprint density at radius 1 is 1.20 bits per heavy atom. The van der Waals surface area contributed by atoms with Crippen LogP contribution in [0.25, 0.3) is 11.0 Å². The van der Waals surface area contributed by atoms with Gasteiger partial charge in [0.25, 0.3) is 5.91 Å². The number of imidazole rings is 1. The van der Waals surface area contributed by atoms with Gasteiger partial charge in [0.05, 0.1) is 16.6 Å². The second-order valence-corrected chi connectivity index (χ2v) is 4.14. The SMILES string of the molecule is O=C(Nc1ccc2[nH]c(=O)[nH]c2c1)c1cccnc1F. The molecule has 6 nitrogen and oxygen atoms in total. The molecule has 0 spiro atoms. The molecule has 7 heteroatoms. The van der Waals surface area contributed by atoms with E-state index in [2.05, 4.69) is 20.3 Å². The van der Waals surface area contributed by atoms with Crippen LogP contribution in [0.15, 0.2) is 41.3 Å². The molecule has 0 saturated heterocycles. The van der Waals surface area contributed by atoms with Gasteiger partial charge in [0.2, 0.25) is 5.95 Å². The minimum absolute atomic E-state index is 0.143. The predicted octanol–water partition coefficient (Wildman–Crippen LogP) is 1.64. The Labute approximate surface area is 111 Å². The minimum atomic E-state index is -0.832. The molecule has 2 aromatic heterocycles. The van der Waals surface area contributed by atoms with E-state index in [1.807, 2.05) is 0 Å². The molecule has 2 heterocycles. The van der Waals surface area contributed by atoms with Crippen LogP contribution in [0.5, 0.6) is 0 Å². The second kappa shape index (κ2) is 4.61. The molecule has 0 atom stereocenters. The minimum Gasteiger partial charge on any atom is -0.322 e. The number of nitrogens with one attached hydrogen (secondary N) is 3. The fourth-order valence-corrected chi connectivity index (χ4v) is 1.86. The van der Waals surface area contributed by atoms with Crippen molar-refractivity contribution in [3.05, 3.63) is 58.5 Å². The molecule has 0 fully saturated rings. The average molecular weight is 272 g/mol. The summed E-state index contributed by atoms with van der Waals surface area (Å²) in [5.74, 6) is -1.44. The summed E-state index contributed by atoms with van der Waals surface area (Å²) in [6, 6.07) is 7.65. The van der Waals surface area contributed by atoms with Crippen molar-refractivity contribution in [2.45, 2.75) is 0 Å². The molecule has 0 aliphatic heterocycles. The molecule has 1 aromatic carbocycles. The van der Waals surface area contributed by atoms with E-state index in [4.69, 9.17) is 0 Å². The van der Waals surface area contributed by atoms with Gasteiger partial charge in [-0.05, 0) is 30.3 Å². The van der Waals surface area contributed by atoms with Crippen LogP contribution in [0, 0.1) is 5.95 Å². The van der Waals surface area contributed by atoms with Crippen molar-refractivity contribution in [2.75, 3.05) is 5.32 Å². The van der Waals surface area contributed by atoms with Crippen molar-refractivity contribution in [1.29, 1.82) is 0 Å². The largest absolute Gasteiger partial charge is 0.323 e. The molecule has 1 amide bonds. The first-order valence-electron chi connectivity index (χ1n) is 5.77. The second-order valence-electron chi connectivity index (χ2n) is 4.14. The first-order chi connectivity index (χ1) is 9.63. The molecule has 0 aliphatic carbocycles. The Morgan fingerprint density at radius 3 is 2.80 bits per heavy atom. The van der Waals surface area contributed by atoms with Gasteiger partial charge < -0.3 is 15.3 Å². The number of carbonyl (C=O) groups is 1. The lowest BCUT2D eigenvalue weighted by molar-refractivity contribution is 0.102. The summed E-state index contributed by atoms with van der Waals surface area (Å²) in [6.45, 7) is 0. The number of halogens is 1. The zero-order valence-corrected chi connectivity index (χ0v) is 10.1. The maximum Gasteiger partial charge on any atom is 0.323 e. The van der Waals surface area contributed by atoms with Crippen LogP contribution in [-0.4, -0.2) is 20.9 Å². The molecule has 0 saturated carbocycles. The number of nitrogens with zero attached hydrogens (tertiary/aromatic N) is 1. The monoisotopic (exact) mass is 272 g/mol. The lowest BCUT2D eigenvalue weighted by Crippen LogP contribution is -2.14. The molecular weight excluding hydrogens is 263 g/mol. The first-order valence-corrected chi connectivity index (χ1v) is 5.77. The summed E-state index contributed by atoms with van der Waals surface area (Å²) in [6.07, 6.45) is 1.27. The summed E-state index contributed by atoms with van der Waals surface area (Å²) in [7, 11) is 0.